The van der Waals surface area contributed by atoms with Crippen molar-refractivity contribution < 1.29 is 15.0 Å². The average molecular weight is 312 g/mol. The van der Waals surface area contributed by atoms with Crippen LogP contribution >= 0.6 is 22.7 Å². The van der Waals surface area contributed by atoms with Crippen molar-refractivity contribution in [3.8, 4) is 9.88 Å². The van der Waals surface area contributed by atoms with Crippen LogP contribution in [0.25, 0.3) is 9.88 Å². The van der Waals surface area contributed by atoms with Crippen LogP contribution in [-0.2, 0) is 11.2 Å². The van der Waals surface area contributed by atoms with E-state index in [4.69, 9.17) is 10.2 Å². The van der Waals surface area contributed by atoms with E-state index in [0.717, 1.165) is 15.6 Å². The first-order valence-electron chi connectivity index (χ1n) is 6.22. The summed E-state index contributed by atoms with van der Waals surface area (Å²) in [7, 11) is 0. The van der Waals surface area contributed by atoms with Gasteiger partial charge in [0.25, 0.3) is 0 Å². The number of nitrogens with zero attached hydrogens (tertiary/aromatic N) is 2. The van der Waals surface area contributed by atoms with Crippen molar-refractivity contribution >= 4 is 28.6 Å². The van der Waals surface area contributed by atoms with Crippen molar-refractivity contribution in [2.75, 3.05) is 26.3 Å². The van der Waals surface area contributed by atoms with Gasteiger partial charge in [-0.3, -0.25) is 4.79 Å². The highest BCUT2D eigenvalue weighted by atomic mass is 32.1. The molecule has 0 aliphatic carbocycles. The number of hydrogen-bond donors (Lipinski definition) is 2. The van der Waals surface area contributed by atoms with Crippen molar-refractivity contribution in [1.82, 2.24) is 9.88 Å². The topological polar surface area (TPSA) is 73.7 Å². The fourth-order valence-corrected chi connectivity index (χ4v) is 3.40. The van der Waals surface area contributed by atoms with E-state index in [1.807, 2.05) is 22.9 Å². The summed E-state index contributed by atoms with van der Waals surface area (Å²) in [6, 6.07) is 3.97. The van der Waals surface area contributed by atoms with Crippen LogP contribution in [0.15, 0.2) is 22.9 Å². The van der Waals surface area contributed by atoms with Gasteiger partial charge in [0.1, 0.15) is 5.01 Å². The van der Waals surface area contributed by atoms with Gasteiger partial charge in [-0.2, -0.15) is 0 Å². The molecule has 2 heterocycles. The maximum Gasteiger partial charge on any atom is 0.228 e. The zero-order valence-electron chi connectivity index (χ0n) is 10.9. The first kappa shape index (κ1) is 15.1. The summed E-state index contributed by atoms with van der Waals surface area (Å²) in [6.45, 7) is 0.259. The van der Waals surface area contributed by atoms with Gasteiger partial charge in [0, 0.05) is 18.5 Å². The van der Waals surface area contributed by atoms with Crippen LogP contribution in [0.3, 0.4) is 0 Å². The molecule has 0 aromatic carbocycles. The van der Waals surface area contributed by atoms with E-state index in [2.05, 4.69) is 4.98 Å². The van der Waals surface area contributed by atoms with Gasteiger partial charge >= 0.3 is 0 Å². The Bertz CT molecular complexity index is 534. The fraction of sp³-hybridized carbons (Fsp3) is 0.385. The Hall–Kier alpha value is -1.28. The molecule has 0 bridgehead atoms. The summed E-state index contributed by atoms with van der Waals surface area (Å²) in [5, 5.41) is 22.6. The first-order valence-corrected chi connectivity index (χ1v) is 7.98. The summed E-state index contributed by atoms with van der Waals surface area (Å²) in [5.41, 5.74) is 0.726. The molecule has 0 saturated carbocycles. The molecule has 2 aromatic rings. The molecule has 108 valence electrons. The molecular formula is C13H16N2O3S2. The molecule has 0 fully saturated rings. The van der Waals surface area contributed by atoms with Crippen LogP contribution in [0, 0.1) is 0 Å². The smallest absolute Gasteiger partial charge is 0.228 e. The molecule has 0 radical (unpaired) electrons. The van der Waals surface area contributed by atoms with Gasteiger partial charge in [-0.15, -0.1) is 22.7 Å². The Morgan fingerprint density at radius 2 is 2.00 bits per heavy atom. The number of aliphatic hydroxyl groups is 2. The SMILES string of the molecule is O=C(Cc1csc(-c2cccs2)n1)N(CCO)CCO. The van der Waals surface area contributed by atoms with Gasteiger partial charge in [0.2, 0.25) is 5.91 Å². The predicted octanol–water partition coefficient (Wildman–Crippen LogP) is 1.23. The summed E-state index contributed by atoms with van der Waals surface area (Å²) >= 11 is 3.13. The summed E-state index contributed by atoms with van der Waals surface area (Å²) < 4.78 is 0. The Balaban J connectivity index is 2.00. The van der Waals surface area contributed by atoms with Crippen LogP contribution in [0.4, 0.5) is 0 Å². The lowest BCUT2D eigenvalue weighted by molar-refractivity contribution is -0.131. The molecule has 0 unspecified atom stereocenters. The monoisotopic (exact) mass is 312 g/mol. The van der Waals surface area contributed by atoms with Crippen LogP contribution in [-0.4, -0.2) is 52.3 Å². The zero-order valence-corrected chi connectivity index (χ0v) is 12.5. The summed E-state index contributed by atoms with van der Waals surface area (Å²) in [4.78, 5) is 19.1. The molecule has 2 N–H and O–H groups in total. The minimum Gasteiger partial charge on any atom is -0.395 e. The van der Waals surface area contributed by atoms with Crippen molar-refractivity contribution in [1.29, 1.82) is 0 Å². The second-order valence-corrected chi connectivity index (χ2v) is 5.93. The van der Waals surface area contributed by atoms with Crippen LogP contribution in [0.1, 0.15) is 5.69 Å². The van der Waals surface area contributed by atoms with Gasteiger partial charge in [-0.1, -0.05) is 6.07 Å². The van der Waals surface area contributed by atoms with Gasteiger partial charge in [0.15, 0.2) is 0 Å². The number of carbonyl (C=O) groups is 1. The number of thiazole rings is 1. The predicted molar refractivity (Wildman–Crippen MR) is 79.9 cm³/mol. The maximum absolute atomic E-state index is 12.1. The van der Waals surface area contributed by atoms with Crippen molar-refractivity contribution in [2.24, 2.45) is 0 Å². The van der Waals surface area contributed by atoms with E-state index in [1.165, 1.54) is 16.2 Å². The molecule has 0 aliphatic heterocycles. The van der Waals surface area contributed by atoms with E-state index in [0.29, 0.717) is 0 Å². The molecule has 20 heavy (non-hydrogen) atoms. The molecule has 0 atom stereocenters. The summed E-state index contributed by atoms with van der Waals surface area (Å²) in [5.74, 6) is -0.129. The number of hydrogen-bond acceptors (Lipinski definition) is 6. The lowest BCUT2D eigenvalue weighted by atomic mass is 10.3. The lowest BCUT2D eigenvalue weighted by Crippen LogP contribution is -2.36. The second kappa shape index (κ2) is 7.49. The molecule has 2 aromatic heterocycles. The van der Waals surface area contributed by atoms with Gasteiger partial charge in [-0.05, 0) is 11.4 Å². The number of aromatic nitrogens is 1. The normalized spacial score (nSPS) is 10.7. The number of carbonyl (C=O) groups excluding carboxylic acids is 1. The number of amides is 1. The van der Waals surface area contributed by atoms with Crippen LogP contribution < -0.4 is 0 Å². The van der Waals surface area contributed by atoms with E-state index >= 15 is 0 Å². The Kier molecular flexibility index (Phi) is 5.66. The van der Waals surface area contributed by atoms with Crippen molar-refractivity contribution in [3.63, 3.8) is 0 Å². The molecule has 0 aliphatic rings. The Morgan fingerprint density at radius 3 is 2.60 bits per heavy atom. The number of thiophene rings is 1. The average Bonchev–Trinajstić information content (AvgIpc) is 3.08. The highest BCUT2D eigenvalue weighted by Crippen LogP contribution is 2.27. The Morgan fingerprint density at radius 1 is 1.25 bits per heavy atom. The van der Waals surface area contributed by atoms with E-state index in [-0.39, 0.29) is 38.6 Å². The number of aliphatic hydroxyl groups excluding tert-OH is 2. The highest BCUT2D eigenvalue weighted by Gasteiger charge is 2.15. The summed E-state index contributed by atoms with van der Waals surface area (Å²) in [6.07, 6.45) is 0.196. The fourth-order valence-electron chi connectivity index (χ4n) is 1.77. The zero-order chi connectivity index (χ0) is 14.4. The molecule has 2 rings (SSSR count). The third-order valence-corrected chi connectivity index (χ3v) is 4.64. The van der Waals surface area contributed by atoms with E-state index in [1.54, 1.807) is 11.3 Å². The molecular weight excluding hydrogens is 296 g/mol. The first-order chi connectivity index (χ1) is 9.74. The lowest BCUT2D eigenvalue weighted by Gasteiger charge is -2.20. The minimum absolute atomic E-state index is 0.108. The van der Waals surface area contributed by atoms with Gasteiger partial charge < -0.3 is 15.1 Å². The molecule has 0 spiro atoms. The molecule has 1 amide bonds. The van der Waals surface area contributed by atoms with Gasteiger partial charge in [0.05, 0.1) is 30.2 Å². The van der Waals surface area contributed by atoms with E-state index in [9.17, 15) is 4.79 Å². The maximum atomic E-state index is 12.1. The third kappa shape index (κ3) is 3.86. The standard InChI is InChI=1S/C13H16N2O3S2/c16-5-3-15(4-6-17)12(18)8-10-9-20-13(14-10)11-2-1-7-19-11/h1-2,7,9,16-17H,3-6,8H2. The highest BCUT2D eigenvalue weighted by molar-refractivity contribution is 7.20. The quantitative estimate of drug-likeness (QED) is 0.806. The Labute approximate surface area is 125 Å². The van der Waals surface area contributed by atoms with E-state index < -0.39 is 0 Å². The minimum atomic E-state index is -0.129. The molecule has 7 heteroatoms. The number of rotatable bonds is 7. The third-order valence-electron chi connectivity index (χ3n) is 2.71. The van der Waals surface area contributed by atoms with Crippen LogP contribution in [0.2, 0.25) is 0 Å². The van der Waals surface area contributed by atoms with Gasteiger partial charge in [-0.25, -0.2) is 4.98 Å². The van der Waals surface area contributed by atoms with Crippen LogP contribution in [0.5, 0.6) is 0 Å². The molecule has 0 saturated heterocycles. The second-order valence-electron chi connectivity index (χ2n) is 4.13. The van der Waals surface area contributed by atoms with Crippen molar-refractivity contribution in [3.05, 3.63) is 28.6 Å². The van der Waals surface area contributed by atoms with Crippen molar-refractivity contribution in [2.45, 2.75) is 6.42 Å². The molecule has 5 nitrogen and oxygen atoms in total. The largest absolute Gasteiger partial charge is 0.395 e.